The minimum Gasteiger partial charge on any atom is -0.726 e. The van der Waals surface area contributed by atoms with Crippen molar-refractivity contribution in [2.24, 2.45) is 0 Å². The van der Waals surface area contributed by atoms with Gasteiger partial charge in [-0.1, -0.05) is 121 Å². The van der Waals surface area contributed by atoms with Crippen LogP contribution >= 0.6 is 0 Å². The molecule has 4 aromatic carbocycles. The number of rotatable bonds is 9. The molecule has 0 aliphatic carbocycles. The van der Waals surface area contributed by atoms with Gasteiger partial charge in [0.25, 0.3) is 0 Å². The first-order valence-corrected chi connectivity index (χ1v) is 14.4. The van der Waals surface area contributed by atoms with E-state index in [1.807, 2.05) is 0 Å². The second-order valence-electron chi connectivity index (χ2n) is 8.06. The Bertz CT molecular complexity index is 1120. The van der Waals surface area contributed by atoms with E-state index in [4.69, 9.17) is 0 Å². The van der Waals surface area contributed by atoms with E-state index < -0.39 is 16.5 Å². The second kappa shape index (κ2) is 13.9. The van der Waals surface area contributed by atoms with E-state index in [2.05, 4.69) is 95.2 Å². The van der Waals surface area contributed by atoms with Crippen molar-refractivity contribution in [2.45, 2.75) is 30.3 Å². The van der Waals surface area contributed by atoms with Crippen molar-refractivity contribution >= 4 is 21.3 Å². The van der Waals surface area contributed by atoms with Crippen LogP contribution in [0.2, 0.25) is 0 Å². The van der Waals surface area contributed by atoms with Gasteiger partial charge in [0.15, 0.2) is 0 Å². The van der Waals surface area contributed by atoms with Crippen LogP contribution in [-0.4, -0.2) is 13.0 Å². The summed E-state index contributed by atoms with van der Waals surface area (Å²) in [5, 5.41) is 0. The molecule has 1 unspecified atom stereocenters. The summed E-state index contributed by atoms with van der Waals surface area (Å²) < 4.78 is 35.0. The molecule has 6 heteroatoms. The first kappa shape index (κ1) is 26.7. The van der Waals surface area contributed by atoms with Gasteiger partial charge in [-0.05, 0) is 12.5 Å². The maximum absolute atomic E-state index is 10.2. The minimum atomic E-state index is -4.62. The van der Waals surface area contributed by atoms with Crippen molar-refractivity contribution in [1.82, 2.24) is 0 Å². The van der Waals surface area contributed by atoms with Gasteiger partial charge in [0.1, 0.15) is 17.3 Å². The zero-order valence-corrected chi connectivity index (χ0v) is 21.3. The molecule has 0 aliphatic rings. The van der Waals surface area contributed by atoms with E-state index in [1.54, 1.807) is 30.3 Å². The fourth-order valence-corrected chi connectivity index (χ4v) is 6.30. The van der Waals surface area contributed by atoms with Crippen molar-refractivity contribution in [2.75, 3.05) is 0 Å². The third-order valence-corrected chi connectivity index (χ3v) is 7.92. The minimum absolute atomic E-state index is 0.323. The van der Waals surface area contributed by atoms with E-state index in [1.165, 1.54) is 23.6 Å². The van der Waals surface area contributed by atoms with Gasteiger partial charge < -0.3 is 4.55 Å². The molecule has 4 nitrogen and oxygen atoms in total. The first-order valence-electron chi connectivity index (χ1n) is 11.3. The van der Waals surface area contributed by atoms with Gasteiger partial charge in [-0.15, -0.1) is 0 Å². The van der Waals surface area contributed by atoms with Gasteiger partial charge in [0, 0.05) is 27.6 Å². The summed E-state index contributed by atoms with van der Waals surface area (Å²) in [6.45, 7) is 1.50. The van der Waals surface area contributed by atoms with Gasteiger partial charge >= 0.3 is 0 Å². The molecule has 0 aromatic heterocycles. The zero-order valence-electron chi connectivity index (χ0n) is 19.7. The van der Waals surface area contributed by atoms with Crippen LogP contribution < -0.4 is 0 Å². The van der Waals surface area contributed by atoms with Crippen LogP contribution in [-0.2, 0) is 42.7 Å². The Kier molecular flexibility index (Phi) is 10.6. The molecule has 35 heavy (non-hydrogen) atoms. The van der Waals surface area contributed by atoms with Crippen molar-refractivity contribution in [3.8, 4) is 0 Å². The number of benzene rings is 4. The molecular weight excluding hydrogens is 476 g/mol. The van der Waals surface area contributed by atoms with Crippen LogP contribution in [0.5, 0.6) is 0 Å². The molecule has 0 saturated carbocycles. The largest absolute Gasteiger partial charge is 0.726 e. The van der Waals surface area contributed by atoms with E-state index in [-0.39, 0.29) is 0 Å². The molecule has 4 rings (SSSR count). The fourth-order valence-electron chi connectivity index (χ4n) is 3.54. The Morgan fingerprint density at radius 2 is 0.943 bits per heavy atom. The third kappa shape index (κ3) is 10.5. The normalized spacial score (nSPS) is 12.0. The molecule has 182 valence electrons. The molecule has 0 N–H and O–H groups in total. The predicted molar refractivity (Wildman–Crippen MR) is 143 cm³/mol. The average Bonchev–Trinajstić information content (AvgIpc) is 2.86. The quantitative estimate of drug-likeness (QED) is 0.149. The summed E-state index contributed by atoms with van der Waals surface area (Å²) >= 11 is 0. The lowest BCUT2D eigenvalue weighted by Gasteiger charge is -2.14. The van der Waals surface area contributed by atoms with Crippen LogP contribution in [0.4, 0.5) is 0 Å². The number of hydrogen-bond acceptors (Lipinski definition) is 4. The Balaban J connectivity index is 0.000000225. The molecule has 0 amide bonds. The monoisotopic (exact) mass is 506 g/mol. The molecular formula is C29H30O4S2. The van der Waals surface area contributed by atoms with Gasteiger partial charge in [0.2, 0.25) is 10.4 Å². The second-order valence-corrected chi connectivity index (χ2v) is 11.2. The van der Waals surface area contributed by atoms with Crippen molar-refractivity contribution in [3.63, 3.8) is 0 Å². The highest BCUT2D eigenvalue weighted by Gasteiger charge is 2.20. The molecule has 4 aromatic rings. The summed E-state index contributed by atoms with van der Waals surface area (Å²) in [4.78, 5) is 0. The molecule has 0 bridgehead atoms. The lowest BCUT2D eigenvalue weighted by Crippen LogP contribution is -2.12. The molecule has 0 saturated heterocycles. The summed E-state index contributed by atoms with van der Waals surface area (Å²) in [7, 11) is -4.30. The van der Waals surface area contributed by atoms with Gasteiger partial charge in [-0.3, -0.25) is 4.18 Å². The van der Waals surface area contributed by atoms with E-state index in [0.717, 1.165) is 17.3 Å². The molecule has 0 spiro atoms. The lowest BCUT2D eigenvalue weighted by atomic mass is 10.1. The number of hydrogen-bond donors (Lipinski definition) is 0. The summed E-state index contributed by atoms with van der Waals surface area (Å²) in [5.74, 6) is 3.47. The summed E-state index contributed by atoms with van der Waals surface area (Å²) in [5.41, 5.74) is 4.98. The maximum atomic E-state index is 10.2. The smallest absolute Gasteiger partial charge is 0.218 e. The molecule has 1 atom stereocenters. The van der Waals surface area contributed by atoms with Crippen molar-refractivity contribution in [1.29, 1.82) is 0 Å². The van der Waals surface area contributed by atoms with Crippen LogP contribution in [0.3, 0.4) is 0 Å². The van der Waals surface area contributed by atoms with Crippen LogP contribution in [0, 0.1) is 0 Å². The Hall–Kier alpha value is -2.90. The van der Waals surface area contributed by atoms with Gasteiger partial charge in [-0.25, -0.2) is 8.42 Å². The average molecular weight is 507 g/mol. The fraction of sp³-hybridized carbons (Fsp3) is 0.172. The summed E-state index contributed by atoms with van der Waals surface area (Å²) in [6.07, 6.45) is -0.733. The highest BCUT2D eigenvalue weighted by Crippen LogP contribution is 2.20. The standard InChI is InChI=1S/C21H21S.C8H10O4S/c1-4-10-19(11-5-1)16-22(17-20-12-6-2-7-13-20)18-21-14-8-3-9-15-21;1-7(12-13(9,10)11)8-5-3-2-4-6-8/h1-15H,16-18H2;2-7H,1H3,(H,9,10,11)/q+1;/p-1. The van der Waals surface area contributed by atoms with E-state index >= 15 is 0 Å². The maximum Gasteiger partial charge on any atom is 0.218 e. The summed E-state index contributed by atoms with van der Waals surface area (Å²) in [6, 6.07) is 41.3. The molecule has 0 fully saturated rings. The van der Waals surface area contributed by atoms with Crippen LogP contribution in [0.1, 0.15) is 35.3 Å². The highest BCUT2D eigenvalue weighted by molar-refractivity contribution is 7.94. The van der Waals surface area contributed by atoms with E-state index in [0.29, 0.717) is 16.5 Å². The third-order valence-electron chi connectivity index (χ3n) is 5.17. The SMILES string of the molecule is CC(OS(=O)(=O)[O-])c1ccccc1.c1ccc(C[S+](Cc2ccccc2)Cc2ccccc2)cc1. The van der Waals surface area contributed by atoms with Crippen molar-refractivity contribution < 1.29 is 17.2 Å². The van der Waals surface area contributed by atoms with Gasteiger partial charge in [0.05, 0.1) is 6.10 Å². The zero-order chi connectivity index (χ0) is 24.9. The predicted octanol–water partition coefficient (Wildman–Crippen LogP) is 6.43. The highest BCUT2D eigenvalue weighted by atomic mass is 32.3. The topological polar surface area (TPSA) is 66.4 Å². The molecule has 0 radical (unpaired) electrons. The molecule has 0 heterocycles. The Morgan fingerprint density at radius 1 is 0.629 bits per heavy atom. The van der Waals surface area contributed by atoms with Crippen LogP contribution in [0.15, 0.2) is 121 Å². The Labute approximate surface area is 211 Å². The Morgan fingerprint density at radius 3 is 1.26 bits per heavy atom. The van der Waals surface area contributed by atoms with Crippen molar-refractivity contribution in [3.05, 3.63) is 144 Å². The van der Waals surface area contributed by atoms with Gasteiger partial charge in [-0.2, -0.15) is 0 Å². The molecule has 0 aliphatic heterocycles. The lowest BCUT2D eigenvalue weighted by molar-refractivity contribution is 0.196. The van der Waals surface area contributed by atoms with Crippen LogP contribution in [0.25, 0.3) is 0 Å². The van der Waals surface area contributed by atoms with E-state index in [9.17, 15) is 13.0 Å². The first-order chi connectivity index (χ1) is 16.9.